The Hall–Kier alpha value is -1.00. The van der Waals surface area contributed by atoms with Crippen LogP contribution in [0.1, 0.15) is 18.4 Å². The summed E-state index contributed by atoms with van der Waals surface area (Å²) in [5.41, 5.74) is 1.35. The molecule has 2 bridgehead atoms. The van der Waals surface area contributed by atoms with Crippen LogP contribution in [-0.4, -0.2) is 48.1 Å². The molecule has 3 saturated heterocycles. The molecule has 4 heteroatoms. The summed E-state index contributed by atoms with van der Waals surface area (Å²) in [4.78, 5) is 17.9. The summed E-state index contributed by atoms with van der Waals surface area (Å²) >= 11 is 1.77. The van der Waals surface area contributed by atoms with Crippen molar-refractivity contribution < 1.29 is 4.79 Å². The second kappa shape index (κ2) is 5.78. The lowest BCUT2D eigenvalue weighted by molar-refractivity contribution is -0.138. The lowest BCUT2D eigenvalue weighted by Gasteiger charge is -2.32. The smallest absolute Gasteiger partial charge is 0.227 e. The first-order valence-corrected chi connectivity index (χ1v) is 8.52. The Labute approximate surface area is 125 Å². The summed E-state index contributed by atoms with van der Waals surface area (Å²) in [5, 5.41) is 0. The van der Waals surface area contributed by atoms with Crippen molar-refractivity contribution in [3.63, 3.8) is 0 Å². The molecule has 1 aromatic carbocycles. The molecule has 4 rings (SSSR count). The van der Waals surface area contributed by atoms with E-state index in [4.69, 9.17) is 0 Å². The zero-order valence-electron chi connectivity index (χ0n) is 12.2. The van der Waals surface area contributed by atoms with Gasteiger partial charge in [-0.15, -0.1) is 11.8 Å². The van der Waals surface area contributed by atoms with Crippen molar-refractivity contribution in [2.45, 2.75) is 30.3 Å². The monoisotopic (exact) mass is 290 g/mol. The predicted molar refractivity (Wildman–Crippen MR) is 82.8 cm³/mol. The van der Waals surface area contributed by atoms with E-state index >= 15 is 0 Å². The average Bonchev–Trinajstić information content (AvgIpc) is 2.73. The lowest BCUT2D eigenvalue weighted by atomic mass is 9.95. The predicted octanol–water partition coefficient (Wildman–Crippen LogP) is 2.46. The highest BCUT2D eigenvalue weighted by Crippen LogP contribution is 2.28. The number of amides is 1. The third-order valence-electron chi connectivity index (χ3n) is 4.61. The molecular weight excluding hydrogens is 268 g/mol. The van der Waals surface area contributed by atoms with Crippen LogP contribution in [-0.2, 0) is 11.3 Å². The van der Waals surface area contributed by atoms with Crippen LogP contribution in [0.2, 0.25) is 0 Å². The van der Waals surface area contributed by atoms with E-state index in [0.29, 0.717) is 11.9 Å². The van der Waals surface area contributed by atoms with Crippen molar-refractivity contribution in [2.24, 2.45) is 5.92 Å². The van der Waals surface area contributed by atoms with Crippen LogP contribution in [0.25, 0.3) is 0 Å². The molecule has 3 nitrogen and oxygen atoms in total. The van der Waals surface area contributed by atoms with Gasteiger partial charge in [-0.2, -0.15) is 0 Å². The van der Waals surface area contributed by atoms with Crippen LogP contribution in [0.5, 0.6) is 0 Å². The largest absolute Gasteiger partial charge is 0.341 e. The molecule has 0 aliphatic carbocycles. The maximum absolute atomic E-state index is 12.2. The van der Waals surface area contributed by atoms with Gasteiger partial charge in [0.25, 0.3) is 0 Å². The van der Waals surface area contributed by atoms with E-state index in [1.807, 2.05) is 11.9 Å². The Morgan fingerprint density at radius 3 is 2.65 bits per heavy atom. The SMILES string of the molecule is CSc1ccc(CN2C[C@H]3CC[C@@H](C2)N(C)C3=O)cc1. The fraction of sp³-hybridized carbons (Fsp3) is 0.562. The molecule has 3 fully saturated rings. The quantitative estimate of drug-likeness (QED) is 0.799. The molecule has 3 heterocycles. The molecule has 0 radical (unpaired) electrons. The van der Waals surface area contributed by atoms with Gasteiger partial charge < -0.3 is 4.90 Å². The maximum Gasteiger partial charge on any atom is 0.227 e. The van der Waals surface area contributed by atoms with Crippen LogP contribution in [0.4, 0.5) is 0 Å². The van der Waals surface area contributed by atoms with E-state index in [9.17, 15) is 4.79 Å². The number of benzene rings is 1. The third kappa shape index (κ3) is 2.72. The van der Waals surface area contributed by atoms with Gasteiger partial charge in [-0.3, -0.25) is 9.69 Å². The van der Waals surface area contributed by atoms with Crippen molar-refractivity contribution in [1.29, 1.82) is 0 Å². The van der Waals surface area contributed by atoms with Crippen LogP contribution < -0.4 is 0 Å². The van der Waals surface area contributed by atoms with Crippen molar-refractivity contribution in [3.8, 4) is 0 Å². The number of piperidine rings is 1. The van der Waals surface area contributed by atoms with Crippen LogP contribution in [0.15, 0.2) is 29.2 Å². The number of thioether (sulfide) groups is 1. The minimum Gasteiger partial charge on any atom is -0.341 e. The first-order valence-electron chi connectivity index (χ1n) is 7.29. The molecule has 0 saturated carbocycles. The molecular formula is C16H22N2OS. The van der Waals surface area contributed by atoms with E-state index < -0.39 is 0 Å². The van der Waals surface area contributed by atoms with Crippen molar-refractivity contribution in [1.82, 2.24) is 9.80 Å². The van der Waals surface area contributed by atoms with E-state index in [-0.39, 0.29) is 5.92 Å². The fourth-order valence-corrected chi connectivity index (χ4v) is 3.77. The van der Waals surface area contributed by atoms with Gasteiger partial charge in [0, 0.05) is 37.6 Å². The maximum atomic E-state index is 12.2. The Bertz CT molecular complexity index is 488. The number of carbonyl (C=O) groups is 1. The molecule has 2 atom stereocenters. The summed E-state index contributed by atoms with van der Waals surface area (Å²) in [6, 6.07) is 9.20. The third-order valence-corrected chi connectivity index (χ3v) is 5.35. The number of fused-ring (bicyclic) bond motifs is 4. The highest BCUT2D eigenvalue weighted by molar-refractivity contribution is 7.98. The average molecular weight is 290 g/mol. The fourth-order valence-electron chi connectivity index (χ4n) is 3.36. The molecule has 0 unspecified atom stereocenters. The van der Waals surface area contributed by atoms with Crippen LogP contribution in [0, 0.1) is 5.92 Å². The minimum atomic E-state index is 0.212. The normalized spacial score (nSPS) is 26.9. The Kier molecular flexibility index (Phi) is 4.03. The van der Waals surface area contributed by atoms with Crippen molar-refractivity contribution in [2.75, 3.05) is 26.4 Å². The zero-order chi connectivity index (χ0) is 14.1. The molecule has 3 aliphatic heterocycles. The molecule has 3 aliphatic rings. The van der Waals surface area contributed by atoms with Crippen molar-refractivity contribution >= 4 is 17.7 Å². The Balaban J connectivity index is 1.70. The second-order valence-corrected chi connectivity index (χ2v) is 6.80. The molecule has 0 aromatic heterocycles. The molecule has 20 heavy (non-hydrogen) atoms. The highest BCUT2D eigenvalue weighted by Gasteiger charge is 2.38. The summed E-state index contributed by atoms with van der Waals surface area (Å²) in [6.07, 6.45) is 4.33. The van der Waals surface area contributed by atoms with Gasteiger partial charge >= 0.3 is 0 Å². The van der Waals surface area contributed by atoms with E-state index in [0.717, 1.165) is 32.5 Å². The topological polar surface area (TPSA) is 23.6 Å². The summed E-state index contributed by atoms with van der Waals surface area (Å²) in [7, 11) is 1.97. The number of rotatable bonds is 3. The van der Waals surface area contributed by atoms with Crippen LogP contribution in [0.3, 0.4) is 0 Å². The summed E-state index contributed by atoms with van der Waals surface area (Å²) in [5.74, 6) is 0.561. The van der Waals surface area contributed by atoms with Gasteiger partial charge in [0.1, 0.15) is 0 Å². The number of hydrogen-bond donors (Lipinski definition) is 0. The van der Waals surface area contributed by atoms with Gasteiger partial charge in [-0.25, -0.2) is 0 Å². The Morgan fingerprint density at radius 1 is 1.20 bits per heavy atom. The van der Waals surface area contributed by atoms with Crippen LogP contribution >= 0.6 is 11.8 Å². The highest BCUT2D eigenvalue weighted by atomic mass is 32.2. The number of nitrogens with zero attached hydrogens (tertiary/aromatic N) is 2. The van der Waals surface area contributed by atoms with Gasteiger partial charge in [-0.1, -0.05) is 12.1 Å². The van der Waals surface area contributed by atoms with E-state index in [1.165, 1.54) is 10.5 Å². The van der Waals surface area contributed by atoms with Gasteiger partial charge in [0.05, 0.1) is 5.92 Å². The molecule has 0 N–H and O–H groups in total. The first-order chi connectivity index (χ1) is 9.67. The molecule has 108 valence electrons. The zero-order valence-corrected chi connectivity index (χ0v) is 13.0. The van der Waals surface area contributed by atoms with Gasteiger partial charge in [-0.05, 0) is 36.8 Å². The number of hydrogen-bond acceptors (Lipinski definition) is 3. The second-order valence-electron chi connectivity index (χ2n) is 5.92. The number of likely N-dealkylation sites (N-methyl/N-ethyl adjacent to an activating group) is 1. The van der Waals surface area contributed by atoms with Crippen molar-refractivity contribution in [3.05, 3.63) is 29.8 Å². The molecule has 1 amide bonds. The standard InChI is InChI=1S/C16H22N2OS/c1-17-14-6-5-13(16(17)19)10-18(11-14)9-12-3-7-15(20-2)8-4-12/h3-4,7-8,13-14H,5-6,9-11H2,1-2H3/t13-,14+/m1/s1. The minimum absolute atomic E-state index is 0.212. The molecule has 1 aromatic rings. The van der Waals surface area contributed by atoms with E-state index in [2.05, 4.69) is 35.4 Å². The van der Waals surface area contributed by atoms with E-state index in [1.54, 1.807) is 11.8 Å². The molecule has 0 spiro atoms. The van der Waals surface area contributed by atoms with Gasteiger partial charge in [0.15, 0.2) is 0 Å². The lowest BCUT2D eigenvalue weighted by Crippen LogP contribution is -2.45. The number of carbonyl (C=O) groups excluding carboxylic acids is 1. The summed E-state index contributed by atoms with van der Waals surface area (Å²) < 4.78 is 0. The summed E-state index contributed by atoms with van der Waals surface area (Å²) in [6.45, 7) is 2.90. The first kappa shape index (κ1) is 14.0. The Morgan fingerprint density at radius 2 is 1.95 bits per heavy atom. The van der Waals surface area contributed by atoms with Gasteiger partial charge in [0.2, 0.25) is 5.91 Å².